The number of hydrogen-bond donors (Lipinski definition) is 1. The Morgan fingerprint density at radius 1 is 1.62 bits per heavy atom. The molecule has 1 aliphatic heterocycles. The van der Waals surface area contributed by atoms with Crippen molar-refractivity contribution < 1.29 is 9.59 Å². The largest absolute Gasteiger partial charge is 0.341 e. The molecule has 70 valence electrons. The Labute approximate surface area is 76.9 Å². The predicted molar refractivity (Wildman–Crippen MR) is 48.7 cm³/mol. The maximum Gasteiger partial charge on any atom is 0.249 e. The highest BCUT2D eigenvalue weighted by Gasteiger charge is 2.30. The molecule has 0 aromatic carbocycles. The first-order valence-electron chi connectivity index (χ1n) is 4.05. The van der Waals surface area contributed by atoms with Gasteiger partial charge in [0.05, 0.1) is 0 Å². The van der Waals surface area contributed by atoms with Gasteiger partial charge in [-0.1, -0.05) is 13.2 Å². The van der Waals surface area contributed by atoms with E-state index in [0.717, 1.165) is 6.08 Å². The van der Waals surface area contributed by atoms with Gasteiger partial charge in [-0.25, -0.2) is 0 Å². The van der Waals surface area contributed by atoms with E-state index in [1.807, 2.05) is 0 Å². The molecular weight excluding hydrogens is 168 g/mol. The highest BCUT2D eigenvalue weighted by Crippen LogP contribution is 2.10. The van der Waals surface area contributed by atoms with E-state index < -0.39 is 6.04 Å². The number of likely N-dealkylation sites (tertiary alicyclic amines) is 1. The third-order valence-electron chi connectivity index (χ3n) is 1.96. The van der Waals surface area contributed by atoms with Crippen LogP contribution in [0.3, 0.4) is 0 Å². The molecule has 1 fully saturated rings. The van der Waals surface area contributed by atoms with Gasteiger partial charge in [0.25, 0.3) is 0 Å². The number of amides is 2. The van der Waals surface area contributed by atoms with E-state index in [1.165, 1.54) is 11.1 Å². The monoisotopic (exact) mass is 180 g/mol. The van der Waals surface area contributed by atoms with E-state index in [2.05, 4.69) is 18.5 Å². The molecule has 0 saturated carbocycles. The Morgan fingerprint density at radius 3 is 2.77 bits per heavy atom. The summed E-state index contributed by atoms with van der Waals surface area (Å²) in [6.45, 7) is 7.42. The number of nitrogens with one attached hydrogen (secondary N) is 1. The van der Waals surface area contributed by atoms with Crippen molar-refractivity contribution in [2.45, 2.75) is 12.5 Å². The Bertz CT molecular complexity index is 260. The SMILES string of the molecule is C=CC(=O)NC1CCN(C=C)C1=O. The molecule has 0 aromatic heterocycles. The van der Waals surface area contributed by atoms with E-state index >= 15 is 0 Å². The Hall–Kier alpha value is -1.58. The minimum Gasteiger partial charge on any atom is -0.341 e. The van der Waals surface area contributed by atoms with Crippen LogP contribution >= 0.6 is 0 Å². The van der Waals surface area contributed by atoms with Crippen molar-refractivity contribution in [3.05, 3.63) is 25.4 Å². The molecule has 2 amide bonds. The second-order valence-corrected chi connectivity index (χ2v) is 2.77. The predicted octanol–water partition coefficient (Wildman–Crippen LogP) is 0.0330. The van der Waals surface area contributed by atoms with Crippen molar-refractivity contribution in [3.63, 3.8) is 0 Å². The lowest BCUT2D eigenvalue weighted by molar-refractivity contribution is -0.129. The van der Waals surface area contributed by atoms with Crippen LogP contribution in [-0.4, -0.2) is 29.3 Å². The minimum atomic E-state index is -0.413. The van der Waals surface area contributed by atoms with Crippen molar-refractivity contribution >= 4 is 11.8 Å². The Morgan fingerprint density at radius 2 is 2.31 bits per heavy atom. The van der Waals surface area contributed by atoms with Crippen LogP contribution in [0.1, 0.15) is 6.42 Å². The van der Waals surface area contributed by atoms with E-state index in [0.29, 0.717) is 13.0 Å². The van der Waals surface area contributed by atoms with Gasteiger partial charge in [0.2, 0.25) is 11.8 Å². The van der Waals surface area contributed by atoms with Gasteiger partial charge >= 0.3 is 0 Å². The molecule has 1 heterocycles. The van der Waals surface area contributed by atoms with Crippen LogP contribution < -0.4 is 5.32 Å². The fraction of sp³-hybridized carbons (Fsp3) is 0.333. The molecule has 1 N–H and O–H groups in total. The average Bonchev–Trinajstić information content (AvgIpc) is 2.48. The van der Waals surface area contributed by atoms with Crippen molar-refractivity contribution in [3.8, 4) is 0 Å². The first kappa shape index (κ1) is 9.51. The zero-order chi connectivity index (χ0) is 9.84. The third-order valence-corrected chi connectivity index (χ3v) is 1.96. The van der Waals surface area contributed by atoms with Gasteiger partial charge in [0, 0.05) is 6.54 Å². The summed E-state index contributed by atoms with van der Waals surface area (Å²) in [6.07, 6.45) is 3.26. The maximum atomic E-state index is 11.4. The summed E-state index contributed by atoms with van der Waals surface area (Å²) in [5.41, 5.74) is 0. The summed E-state index contributed by atoms with van der Waals surface area (Å²) in [7, 11) is 0. The van der Waals surface area contributed by atoms with E-state index in [9.17, 15) is 9.59 Å². The molecule has 1 unspecified atom stereocenters. The summed E-state index contributed by atoms with van der Waals surface area (Å²) < 4.78 is 0. The molecule has 1 saturated heterocycles. The van der Waals surface area contributed by atoms with Crippen molar-refractivity contribution in [2.24, 2.45) is 0 Å². The smallest absolute Gasteiger partial charge is 0.249 e. The second kappa shape index (κ2) is 3.89. The molecular formula is C9H12N2O2. The van der Waals surface area contributed by atoms with E-state index in [4.69, 9.17) is 0 Å². The fourth-order valence-corrected chi connectivity index (χ4v) is 1.25. The number of hydrogen-bond acceptors (Lipinski definition) is 2. The molecule has 0 aliphatic carbocycles. The zero-order valence-corrected chi connectivity index (χ0v) is 7.32. The van der Waals surface area contributed by atoms with Gasteiger partial charge in [-0.2, -0.15) is 0 Å². The molecule has 1 aliphatic rings. The molecule has 4 nitrogen and oxygen atoms in total. The summed E-state index contributed by atoms with van der Waals surface area (Å²) in [5, 5.41) is 2.55. The van der Waals surface area contributed by atoms with Crippen LogP contribution in [0.4, 0.5) is 0 Å². The molecule has 1 rings (SSSR count). The maximum absolute atomic E-state index is 11.4. The molecule has 0 spiro atoms. The van der Waals surface area contributed by atoms with E-state index in [-0.39, 0.29) is 11.8 Å². The van der Waals surface area contributed by atoms with Crippen molar-refractivity contribution in [1.82, 2.24) is 10.2 Å². The van der Waals surface area contributed by atoms with Crippen LogP contribution in [0, 0.1) is 0 Å². The summed E-state index contributed by atoms with van der Waals surface area (Å²) in [4.78, 5) is 23.8. The summed E-state index contributed by atoms with van der Waals surface area (Å²) in [6, 6.07) is -0.413. The highest BCUT2D eigenvalue weighted by molar-refractivity contribution is 5.93. The number of nitrogens with zero attached hydrogens (tertiary/aromatic N) is 1. The molecule has 4 heteroatoms. The number of carbonyl (C=O) groups is 2. The number of carbonyl (C=O) groups excluding carboxylic acids is 2. The topological polar surface area (TPSA) is 49.4 Å². The highest BCUT2D eigenvalue weighted by atomic mass is 16.2. The zero-order valence-electron chi connectivity index (χ0n) is 7.32. The lowest BCUT2D eigenvalue weighted by atomic mass is 10.2. The second-order valence-electron chi connectivity index (χ2n) is 2.77. The first-order valence-corrected chi connectivity index (χ1v) is 4.05. The van der Waals surface area contributed by atoms with Crippen molar-refractivity contribution in [1.29, 1.82) is 0 Å². The van der Waals surface area contributed by atoms with Crippen LogP contribution in [0.15, 0.2) is 25.4 Å². The summed E-state index contributed by atoms with van der Waals surface area (Å²) in [5.74, 6) is -0.422. The first-order chi connectivity index (χ1) is 6.19. The Kier molecular flexibility index (Phi) is 2.84. The lowest BCUT2D eigenvalue weighted by Gasteiger charge is -2.10. The van der Waals surface area contributed by atoms with Gasteiger partial charge in [0.15, 0.2) is 0 Å². The number of rotatable bonds is 3. The Balaban J connectivity index is 2.55. The normalized spacial score (nSPS) is 21.4. The van der Waals surface area contributed by atoms with Crippen LogP contribution in [-0.2, 0) is 9.59 Å². The van der Waals surface area contributed by atoms with Crippen LogP contribution in [0.2, 0.25) is 0 Å². The molecule has 13 heavy (non-hydrogen) atoms. The molecule has 0 radical (unpaired) electrons. The fourth-order valence-electron chi connectivity index (χ4n) is 1.25. The van der Waals surface area contributed by atoms with Crippen molar-refractivity contribution in [2.75, 3.05) is 6.54 Å². The van der Waals surface area contributed by atoms with Crippen LogP contribution in [0.25, 0.3) is 0 Å². The summed E-state index contributed by atoms with van der Waals surface area (Å²) >= 11 is 0. The molecule has 0 aromatic rings. The third kappa shape index (κ3) is 1.96. The van der Waals surface area contributed by atoms with Gasteiger partial charge in [-0.15, -0.1) is 0 Å². The van der Waals surface area contributed by atoms with Gasteiger partial charge in [-0.3, -0.25) is 9.59 Å². The molecule has 0 bridgehead atoms. The lowest BCUT2D eigenvalue weighted by Crippen LogP contribution is -2.39. The van der Waals surface area contributed by atoms with Gasteiger partial charge in [-0.05, 0) is 18.7 Å². The van der Waals surface area contributed by atoms with Gasteiger partial charge < -0.3 is 10.2 Å². The minimum absolute atomic E-state index is 0.106. The van der Waals surface area contributed by atoms with Crippen LogP contribution in [0.5, 0.6) is 0 Å². The van der Waals surface area contributed by atoms with Gasteiger partial charge in [0.1, 0.15) is 6.04 Å². The van der Waals surface area contributed by atoms with E-state index in [1.54, 1.807) is 0 Å². The standard InChI is InChI=1S/C9H12N2O2/c1-3-8(12)10-7-5-6-11(4-2)9(7)13/h3-4,7H,1-2,5-6H2,(H,10,12). The quantitative estimate of drug-likeness (QED) is 0.623. The average molecular weight is 180 g/mol. The molecule has 1 atom stereocenters.